The van der Waals surface area contributed by atoms with Crippen LogP contribution in [0.15, 0.2) is 18.2 Å². The van der Waals surface area contributed by atoms with Crippen molar-refractivity contribution < 1.29 is 9.53 Å². The van der Waals surface area contributed by atoms with E-state index in [2.05, 4.69) is 44.8 Å². The van der Waals surface area contributed by atoms with Crippen LogP contribution in [-0.4, -0.2) is 29.6 Å². The van der Waals surface area contributed by atoms with E-state index in [9.17, 15) is 4.79 Å². The first-order valence-corrected chi connectivity index (χ1v) is 6.57. The number of benzene rings is 1. The summed E-state index contributed by atoms with van der Waals surface area (Å²) in [4.78, 5) is 11.3. The number of amides is 1. The summed E-state index contributed by atoms with van der Waals surface area (Å²) < 4.78 is 7.03. The number of carbonyl (C=O) groups is 1. The maximum absolute atomic E-state index is 11.3. The molecule has 1 N–H and O–H groups in total. The van der Waals surface area contributed by atoms with Crippen LogP contribution in [0.25, 0.3) is 0 Å². The second-order valence-electron chi connectivity index (χ2n) is 2.93. The summed E-state index contributed by atoms with van der Waals surface area (Å²) in [7, 11) is 0. The molecular weight excluding hydrogens is 368 g/mol. The van der Waals surface area contributed by atoms with Gasteiger partial charge in [-0.15, -0.1) is 0 Å². The number of nitrogens with one attached hydrogen (secondary N) is 1. The Morgan fingerprint density at radius 3 is 2.93 bits per heavy atom. The first kappa shape index (κ1) is 12.8. The van der Waals surface area contributed by atoms with Crippen LogP contribution >= 0.6 is 22.6 Å². The normalized spacial score (nSPS) is 9.80. The number of hydrogen-bond acceptors (Lipinski definition) is 2. The first-order valence-electron chi connectivity index (χ1n) is 4.55. The third-order valence-electron chi connectivity index (χ3n) is 1.63. The zero-order chi connectivity index (χ0) is 11.3. The van der Waals surface area contributed by atoms with E-state index in [0.29, 0.717) is 6.61 Å². The monoisotopic (exact) mass is 379 g/mol. The van der Waals surface area contributed by atoms with Gasteiger partial charge in [0.1, 0.15) is 0 Å². The summed E-state index contributed by atoms with van der Waals surface area (Å²) in [6.07, 6.45) is 0.434. The fourth-order valence-electron chi connectivity index (χ4n) is 0.946. The molecule has 0 saturated carbocycles. The van der Waals surface area contributed by atoms with Crippen molar-refractivity contribution >= 4 is 55.6 Å². The Bertz CT molecular complexity index is 357. The van der Waals surface area contributed by atoms with Crippen molar-refractivity contribution in [2.75, 3.05) is 11.9 Å². The molecule has 0 atom stereocenters. The number of anilines is 1. The number of halogens is 1. The molecule has 0 unspecified atom stereocenters. The van der Waals surface area contributed by atoms with E-state index < -0.39 is 6.09 Å². The van der Waals surface area contributed by atoms with E-state index in [1.54, 1.807) is 0 Å². The first-order chi connectivity index (χ1) is 7.13. The quantitative estimate of drug-likeness (QED) is 0.645. The molecule has 80 valence electrons. The van der Waals surface area contributed by atoms with Gasteiger partial charge in [0.2, 0.25) is 0 Å². The Morgan fingerprint density at radius 2 is 2.33 bits per heavy atom. The van der Waals surface area contributed by atoms with Gasteiger partial charge in [-0.05, 0) is 0 Å². The van der Waals surface area contributed by atoms with Crippen molar-refractivity contribution in [3.05, 3.63) is 21.8 Å². The Balaban J connectivity index is 2.60. The number of hydrogen-bond donors (Lipinski definition) is 1. The summed E-state index contributed by atoms with van der Waals surface area (Å²) >= 11 is 4.64. The summed E-state index contributed by atoms with van der Waals surface area (Å²) in [5, 5.41) is 2.70. The van der Waals surface area contributed by atoms with Gasteiger partial charge in [0, 0.05) is 0 Å². The van der Waals surface area contributed by atoms with E-state index in [1.165, 1.54) is 0 Å². The van der Waals surface area contributed by atoms with Crippen LogP contribution in [0.1, 0.15) is 13.3 Å². The molecule has 3 nitrogen and oxygen atoms in total. The van der Waals surface area contributed by atoms with Crippen molar-refractivity contribution in [1.82, 2.24) is 0 Å². The Kier molecular flexibility index (Phi) is 5.46. The Hall–Kier alpha value is -0.222. The van der Waals surface area contributed by atoms with Crippen LogP contribution in [-0.2, 0) is 4.74 Å². The summed E-state index contributed by atoms with van der Waals surface area (Å²) in [6, 6.07) is 5.77. The van der Waals surface area contributed by atoms with E-state index in [1.807, 2.05) is 25.1 Å². The molecular formula is C10H11AsINO2. The van der Waals surface area contributed by atoms with Crippen molar-refractivity contribution in [2.24, 2.45) is 0 Å². The molecule has 0 fully saturated rings. The fourth-order valence-corrected chi connectivity index (χ4v) is 2.56. The number of ether oxygens (including phenoxy) is 1. The minimum atomic E-state index is -0.395. The van der Waals surface area contributed by atoms with E-state index >= 15 is 0 Å². The van der Waals surface area contributed by atoms with Crippen LogP contribution in [0.3, 0.4) is 0 Å². The SMILES string of the molecule is CCCOC(=O)Nc1ccc([As])cc1I. The van der Waals surface area contributed by atoms with Gasteiger partial charge >= 0.3 is 112 Å². The zero-order valence-corrected chi connectivity index (χ0v) is 12.3. The van der Waals surface area contributed by atoms with Gasteiger partial charge in [-0.3, -0.25) is 0 Å². The van der Waals surface area contributed by atoms with Crippen LogP contribution < -0.4 is 9.67 Å². The molecule has 5 heteroatoms. The van der Waals surface area contributed by atoms with Crippen molar-refractivity contribution in [1.29, 1.82) is 0 Å². The topological polar surface area (TPSA) is 38.3 Å². The molecule has 2 radical (unpaired) electrons. The van der Waals surface area contributed by atoms with Gasteiger partial charge in [-0.25, -0.2) is 0 Å². The molecule has 15 heavy (non-hydrogen) atoms. The Labute approximate surface area is 112 Å². The van der Waals surface area contributed by atoms with Gasteiger partial charge < -0.3 is 0 Å². The van der Waals surface area contributed by atoms with Gasteiger partial charge in [0.05, 0.1) is 0 Å². The summed E-state index contributed by atoms with van der Waals surface area (Å²) in [5.41, 5.74) is 0.784. The van der Waals surface area contributed by atoms with E-state index in [-0.39, 0.29) is 0 Å². The molecule has 1 aromatic carbocycles. The molecule has 1 amide bonds. The standard InChI is InChI=1S/C10H11AsINO2/c1-2-5-15-10(14)13-9-4-3-7(11)6-8(9)12/h3-4,6H,2,5H2,1H3,(H,13,14). The van der Waals surface area contributed by atoms with Gasteiger partial charge in [-0.2, -0.15) is 0 Å². The molecule has 0 aliphatic heterocycles. The van der Waals surface area contributed by atoms with E-state index in [4.69, 9.17) is 4.74 Å². The van der Waals surface area contributed by atoms with Gasteiger partial charge in [0.25, 0.3) is 0 Å². The second-order valence-corrected chi connectivity index (χ2v) is 5.17. The van der Waals surface area contributed by atoms with Crippen molar-refractivity contribution in [3.63, 3.8) is 0 Å². The van der Waals surface area contributed by atoms with Crippen molar-refractivity contribution in [3.8, 4) is 0 Å². The average molecular weight is 379 g/mol. The van der Waals surface area contributed by atoms with Crippen LogP contribution in [0.4, 0.5) is 10.5 Å². The predicted octanol–water partition coefficient (Wildman–Crippen LogP) is 2.04. The summed E-state index contributed by atoms with van der Waals surface area (Å²) in [6.45, 7) is 2.41. The molecule has 1 aromatic rings. The second kappa shape index (κ2) is 6.38. The molecule has 0 bridgehead atoms. The van der Waals surface area contributed by atoms with Crippen LogP contribution in [0.5, 0.6) is 0 Å². The minimum absolute atomic E-state index is 0.395. The van der Waals surface area contributed by atoms with Crippen LogP contribution in [0, 0.1) is 3.57 Å². The van der Waals surface area contributed by atoms with Gasteiger partial charge in [0.15, 0.2) is 0 Å². The molecule has 0 aliphatic carbocycles. The maximum atomic E-state index is 11.3. The zero-order valence-electron chi connectivity index (χ0n) is 8.29. The number of rotatable bonds is 3. The molecule has 1 rings (SSSR count). The Morgan fingerprint density at radius 1 is 1.60 bits per heavy atom. The fraction of sp³-hybridized carbons (Fsp3) is 0.300. The molecule has 0 spiro atoms. The third kappa shape index (κ3) is 4.43. The van der Waals surface area contributed by atoms with E-state index in [0.717, 1.165) is 20.0 Å². The number of carbonyl (C=O) groups excluding carboxylic acids is 1. The predicted molar refractivity (Wildman–Crippen MR) is 69.8 cm³/mol. The molecule has 0 saturated heterocycles. The molecule has 0 heterocycles. The average Bonchev–Trinajstić information content (AvgIpc) is 2.19. The van der Waals surface area contributed by atoms with Crippen LogP contribution in [0.2, 0.25) is 0 Å². The van der Waals surface area contributed by atoms with Gasteiger partial charge in [-0.1, -0.05) is 0 Å². The molecule has 0 aliphatic rings. The third-order valence-corrected chi connectivity index (χ3v) is 3.10. The summed E-state index contributed by atoms with van der Waals surface area (Å²) in [5.74, 6) is 0. The van der Waals surface area contributed by atoms with Crippen molar-refractivity contribution in [2.45, 2.75) is 13.3 Å². The molecule has 0 aromatic heterocycles.